The van der Waals surface area contributed by atoms with Crippen molar-refractivity contribution in [3.8, 4) is 0 Å². The molecule has 11 heteroatoms. The fourth-order valence-corrected chi connectivity index (χ4v) is 6.79. The summed E-state index contributed by atoms with van der Waals surface area (Å²) in [6.45, 7) is 7.40. The van der Waals surface area contributed by atoms with Gasteiger partial charge in [0, 0.05) is 7.05 Å². The third kappa shape index (κ3) is 3.21. The van der Waals surface area contributed by atoms with Gasteiger partial charge >= 0.3 is 0 Å². The van der Waals surface area contributed by atoms with E-state index in [1.165, 1.54) is 4.90 Å². The van der Waals surface area contributed by atoms with E-state index < -0.39 is 41.0 Å². The summed E-state index contributed by atoms with van der Waals surface area (Å²) >= 11 is 0. The van der Waals surface area contributed by atoms with Crippen LogP contribution in [0.3, 0.4) is 0 Å². The molecule has 1 spiro atoms. The predicted molar refractivity (Wildman–Crippen MR) is 129 cm³/mol. The fourth-order valence-electron chi connectivity index (χ4n) is 6.79. The summed E-state index contributed by atoms with van der Waals surface area (Å²) in [5.41, 5.74) is -0.572. The van der Waals surface area contributed by atoms with Crippen molar-refractivity contribution in [3.05, 3.63) is 24.3 Å². The third-order valence-corrected chi connectivity index (χ3v) is 8.67. The molecule has 194 valence electrons. The molecule has 36 heavy (non-hydrogen) atoms. The molecule has 3 aliphatic heterocycles. The molecule has 2 aromatic rings. The number of hydrogen-bond donors (Lipinski definition) is 3. The van der Waals surface area contributed by atoms with Gasteiger partial charge in [0.1, 0.15) is 23.8 Å². The van der Waals surface area contributed by atoms with Crippen molar-refractivity contribution in [2.24, 2.45) is 23.7 Å². The summed E-state index contributed by atoms with van der Waals surface area (Å²) in [5.74, 6) is -2.71. The third-order valence-electron chi connectivity index (χ3n) is 8.67. The Kier molecular flexibility index (Phi) is 5.83. The van der Waals surface area contributed by atoms with E-state index in [4.69, 9.17) is 4.74 Å². The normalized spacial score (nSPS) is 33.9. The van der Waals surface area contributed by atoms with E-state index in [0.717, 1.165) is 5.52 Å². The van der Waals surface area contributed by atoms with Gasteiger partial charge in [-0.25, -0.2) is 4.68 Å². The summed E-state index contributed by atoms with van der Waals surface area (Å²) in [5, 5.41) is 24.1. The molecule has 0 radical (unpaired) electrons. The van der Waals surface area contributed by atoms with Crippen LogP contribution in [-0.2, 0) is 25.8 Å². The molecule has 5 rings (SSSR count). The van der Waals surface area contributed by atoms with Gasteiger partial charge in [-0.15, -0.1) is 5.10 Å². The molecular weight excluding hydrogens is 464 g/mol. The lowest BCUT2D eigenvalue weighted by Gasteiger charge is -2.38. The zero-order valence-electron chi connectivity index (χ0n) is 21.3. The van der Waals surface area contributed by atoms with Crippen LogP contribution in [0.15, 0.2) is 24.3 Å². The minimum absolute atomic E-state index is 0.0509. The highest BCUT2D eigenvalue weighted by Gasteiger charge is 2.80. The van der Waals surface area contributed by atoms with Crippen molar-refractivity contribution >= 4 is 28.8 Å². The number of nitrogens with one attached hydrogen (secondary N) is 2. The second-order valence-corrected chi connectivity index (χ2v) is 10.8. The molecule has 0 saturated carbocycles. The lowest BCUT2D eigenvalue weighted by atomic mass is 9.62. The van der Waals surface area contributed by atoms with Gasteiger partial charge in [-0.1, -0.05) is 38.1 Å². The molecule has 1 aromatic heterocycles. The Morgan fingerprint density at radius 2 is 2.00 bits per heavy atom. The smallest absolute Gasteiger partial charge is 0.247 e. The molecule has 3 aliphatic rings. The van der Waals surface area contributed by atoms with Crippen molar-refractivity contribution in [2.75, 3.05) is 13.7 Å². The first-order valence-corrected chi connectivity index (χ1v) is 12.5. The zero-order valence-corrected chi connectivity index (χ0v) is 21.3. The van der Waals surface area contributed by atoms with E-state index >= 15 is 0 Å². The van der Waals surface area contributed by atoms with Crippen LogP contribution in [0.25, 0.3) is 11.0 Å². The Morgan fingerprint density at radius 1 is 1.28 bits per heavy atom. The van der Waals surface area contributed by atoms with Gasteiger partial charge in [0.25, 0.3) is 0 Å². The number of carbonyl (C=O) groups excluding carboxylic acids is 3. The number of amides is 3. The summed E-state index contributed by atoms with van der Waals surface area (Å²) in [7, 11) is 1.55. The largest absolute Gasteiger partial charge is 0.394 e. The number of para-hydroxylation sites is 1. The molecular formula is C25H34N6O5. The Balaban J connectivity index is 1.54. The number of nitrogens with zero attached hydrogens (tertiary/aromatic N) is 4. The van der Waals surface area contributed by atoms with Gasteiger partial charge in [-0.05, 0) is 37.3 Å². The zero-order chi connectivity index (χ0) is 26.0. The van der Waals surface area contributed by atoms with E-state index in [-0.39, 0.29) is 36.9 Å². The molecule has 3 N–H and O–H groups in total. The van der Waals surface area contributed by atoms with Gasteiger partial charge in [-0.2, -0.15) is 0 Å². The molecule has 1 aromatic carbocycles. The minimum Gasteiger partial charge on any atom is -0.394 e. The summed E-state index contributed by atoms with van der Waals surface area (Å²) < 4.78 is 8.22. The highest BCUT2D eigenvalue weighted by atomic mass is 16.5. The highest BCUT2D eigenvalue weighted by Crippen LogP contribution is 2.65. The number of aromatic nitrogens is 3. The highest BCUT2D eigenvalue weighted by molar-refractivity contribution is 5.99. The van der Waals surface area contributed by atoms with Gasteiger partial charge < -0.3 is 25.4 Å². The minimum atomic E-state index is -1.17. The monoisotopic (exact) mass is 498 g/mol. The lowest BCUT2D eigenvalue weighted by Crippen LogP contribution is -2.59. The summed E-state index contributed by atoms with van der Waals surface area (Å²) in [6, 6.07) is 5.83. The number of hydrogen-bond acceptors (Lipinski definition) is 7. The van der Waals surface area contributed by atoms with Crippen LogP contribution < -0.4 is 10.6 Å². The molecule has 4 heterocycles. The number of aliphatic hydroxyl groups is 1. The number of ether oxygens (including phenoxy) is 1. The molecule has 2 bridgehead atoms. The molecule has 3 unspecified atom stereocenters. The van der Waals surface area contributed by atoms with E-state index in [2.05, 4.69) is 20.9 Å². The Bertz CT molecular complexity index is 1210. The average molecular weight is 499 g/mol. The Morgan fingerprint density at radius 3 is 2.67 bits per heavy atom. The maximum Gasteiger partial charge on any atom is 0.247 e. The van der Waals surface area contributed by atoms with Crippen molar-refractivity contribution in [1.82, 2.24) is 30.5 Å². The van der Waals surface area contributed by atoms with Crippen LogP contribution in [0, 0.1) is 23.7 Å². The SMILES string of the molecule is CNC(=O)[C@H]1[C@H]2C(=O)N([C@@H](CO)C(C)C)C(C(=O)NCn3nnc4ccccc43)C23CC(C)[C@]1(C)O3. The molecule has 11 nitrogen and oxygen atoms in total. The van der Waals surface area contributed by atoms with E-state index in [1.807, 2.05) is 52.0 Å². The van der Waals surface area contributed by atoms with Crippen molar-refractivity contribution < 1.29 is 24.2 Å². The first-order chi connectivity index (χ1) is 17.1. The standard InChI is InChI=1S/C25H34N6O5/c1-13(2)17(11-32)31-20(22(34)27-12-30-16-9-7-6-8-15(16)28-29-30)25-10-14(3)24(4,36-25)18(21(33)26-5)19(25)23(31)35/h6-9,13-14,17-20,32H,10-12H2,1-5H3,(H,26,33)(H,27,34)/t14?,17-,18+,19-,20?,24-,25?/m0/s1. The Hall–Kier alpha value is -3.05. The van der Waals surface area contributed by atoms with Crippen LogP contribution in [0.2, 0.25) is 0 Å². The van der Waals surface area contributed by atoms with Crippen LogP contribution in [0.5, 0.6) is 0 Å². The molecule has 0 aliphatic carbocycles. The number of benzene rings is 1. The molecule has 3 amide bonds. The van der Waals surface area contributed by atoms with E-state index in [0.29, 0.717) is 11.9 Å². The maximum atomic E-state index is 14.0. The van der Waals surface area contributed by atoms with Crippen LogP contribution in [0.1, 0.15) is 34.1 Å². The lowest BCUT2D eigenvalue weighted by molar-refractivity contribution is -0.152. The van der Waals surface area contributed by atoms with Crippen LogP contribution in [-0.4, -0.2) is 79.7 Å². The average Bonchev–Trinajstić information content (AvgIpc) is 3.51. The Labute approximate surface area is 209 Å². The van der Waals surface area contributed by atoms with E-state index in [1.54, 1.807) is 11.7 Å². The van der Waals surface area contributed by atoms with Crippen LogP contribution >= 0.6 is 0 Å². The van der Waals surface area contributed by atoms with Crippen LogP contribution in [0.4, 0.5) is 0 Å². The summed E-state index contributed by atoms with van der Waals surface area (Å²) in [6.07, 6.45) is 0.463. The summed E-state index contributed by atoms with van der Waals surface area (Å²) in [4.78, 5) is 42.5. The second kappa shape index (κ2) is 8.52. The number of rotatable bonds is 7. The fraction of sp³-hybridized carbons (Fsp3) is 0.640. The predicted octanol–water partition coefficient (Wildman–Crippen LogP) is 0.279. The number of likely N-dealkylation sites (tertiary alicyclic amines) is 1. The van der Waals surface area contributed by atoms with Gasteiger partial charge in [0.15, 0.2) is 0 Å². The molecule has 3 saturated heterocycles. The first kappa shape index (κ1) is 24.6. The topological polar surface area (TPSA) is 139 Å². The van der Waals surface area contributed by atoms with Crippen molar-refractivity contribution in [3.63, 3.8) is 0 Å². The van der Waals surface area contributed by atoms with Gasteiger partial charge in [0.05, 0.1) is 35.6 Å². The number of carbonyl (C=O) groups is 3. The quantitative estimate of drug-likeness (QED) is 0.498. The molecule has 3 fully saturated rings. The number of aliphatic hydroxyl groups excluding tert-OH is 1. The second-order valence-electron chi connectivity index (χ2n) is 10.8. The van der Waals surface area contributed by atoms with Crippen molar-refractivity contribution in [1.29, 1.82) is 0 Å². The maximum absolute atomic E-state index is 14.0. The number of fused-ring (bicyclic) bond motifs is 2. The van der Waals surface area contributed by atoms with Gasteiger partial charge in [-0.3, -0.25) is 14.4 Å². The van der Waals surface area contributed by atoms with E-state index in [9.17, 15) is 19.5 Å². The first-order valence-electron chi connectivity index (χ1n) is 12.5. The van der Waals surface area contributed by atoms with Gasteiger partial charge in [0.2, 0.25) is 17.7 Å². The van der Waals surface area contributed by atoms with Crippen molar-refractivity contribution in [2.45, 2.75) is 64.1 Å². The molecule has 7 atom stereocenters.